The number of halogens is 1. The number of H-pyrrole nitrogens is 1. The summed E-state index contributed by atoms with van der Waals surface area (Å²) in [5.74, 6) is 1.42. The van der Waals surface area contributed by atoms with Crippen LogP contribution in [0.4, 0.5) is 0 Å². The largest absolute Gasteiger partial charge is 0.493 e. The van der Waals surface area contributed by atoms with Gasteiger partial charge in [-0.2, -0.15) is 0 Å². The molecule has 2 heterocycles. The highest BCUT2D eigenvalue weighted by Gasteiger charge is 2.21. The van der Waals surface area contributed by atoms with E-state index < -0.39 is 0 Å². The second-order valence-corrected chi connectivity index (χ2v) is 6.24. The minimum atomic E-state index is 0. The van der Waals surface area contributed by atoms with Crippen molar-refractivity contribution in [2.45, 2.75) is 18.9 Å². The zero-order valence-corrected chi connectivity index (χ0v) is 16.8. The van der Waals surface area contributed by atoms with Gasteiger partial charge in [0.15, 0.2) is 5.96 Å². The minimum Gasteiger partial charge on any atom is -0.493 e. The Bertz CT molecular complexity index is 905. The summed E-state index contributed by atoms with van der Waals surface area (Å²) in [6.45, 7) is 1.35. The van der Waals surface area contributed by atoms with Crippen molar-refractivity contribution in [3.63, 3.8) is 0 Å². The highest BCUT2D eigenvalue weighted by Crippen LogP contribution is 2.31. The molecule has 0 saturated carbocycles. The van der Waals surface area contributed by atoms with Crippen LogP contribution < -0.4 is 15.8 Å². The number of nitrogens with two attached hydrogens (primary N) is 1. The van der Waals surface area contributed by atoms with Crippen molar-refractivity contribution in [1.82, 2.24) is 10.3 Å². The van der Waals surface area contributed by atoms with Crippen molar-refractivity contribution >= 4 is 40.8 Å². The van der Waals surface area contributed by atoms with E-state index in [1.54, 1.807) is 0 Å². The summed E-state index contributed by atoms with van der Waals surface area (Å²) in [7, 11) is 0. The molecule has 136 valence electrons. The fraction of sp³-hybridized carbons (Fsp3) is 0.250. The Balaban J connectivity index is 0.00000196. The molecular formula is C20H23IN4O. The molecule has 0 aliphatic carbocycles. The predicted molar refractivity (Wildman–Crippen MR) is 116 cm³/mol. The SMILES string of the molecule is I.NC(=NCCc1cccc2[nH]ccc12)NC1CCOc2ccccc21. The van der Waals surface area contributed by atoms with Crippen molar-refractivity contribution in [3.05, 3.63) is 65.9 Å². The summed E-state index contributed by atoms with van der Waals surface area (Å²) >= 11 is 0. The average molecular weight is 462 g/mol. The quantitative estimate of drug-likeness (QED) is 0.314. The van der Waals surface area contributed by atoms with Crippen LogP contribution in [0.25, 0.3) is 10.9 Å². The van der Waals surface area contributed by atoms with Gasteiger partial charge in [0, 0.05) is 35.6 Å². The van der Waals surface area contributed by atoms with Crippen LogP contribution >= 0.6 is 24.0 Å². The predicted octanol–water partition coefficient (Wildman–Crippen LogP) is 3.76. The number of fused-ring (bicyclic) bond motifs is 2. The standard InChI is InChI=1S/C20H22N4O.HI/c21-20(24-18-10-13-25-19-7-2-1-5-16(18)19)23-11-8-14-4-3-6-17-15(14)9-12-22-17;/h1-7,9,12,18,22H,8,10-11,13H2,(H3,21,23,24);1H. The Morgan fingerprint density at radius 3 is 3.00 bits per heavy atom. The van der Waals surface area contributed by atoms with Gasteiger partial charge in [-0.1, -0.05) is 30.3 Å². The number of rotatable bonds is 4. The lowest BCUT2D eigenvalue weighted by Gasteiger charge is -2.26. The van der Waals surface area contributed by atoms with Crippen LogP contribution in [0.1, 0.15) is 23.6 Å². The Morgan fingerprint density at radius 1 is 1.19 bits per heavy atom. The lowest BCUT2D eigenvalue weighted by atomic mass is 10.0. The number of hydrogen-bond donors (Lipinski definition) is 3. The third kappa shape index (κ3) is 3.95. The molecule has 3 aromatic rings. The molecule has 26 heavy (non-hydrogen) atoms. The van der Waals surface area contributed by atoms with Gasteiger partial charge in [-0.3, -0.25) is 4.99 Å². The first-order valence-electron chi connectivity index (χ1n) is 8.64. The molecule has 0 bridgehead atoms. The fourth-order valence-electron chi connectivity index (χ4n) is 3.38. The van der Waals surface area contributed by atoms with E-state index in [9.17, 15) is 0 Å². The highest BCUT2D eigenvalue weighted by atomic mass is 127. The van der Waals surface area contributed by atoms with Crippen molar-refractivity contribution in [2.24, 2.45) is 10.7 Å². The van der Waals surface area contributed by atoms with E-state index in [2.05, 4.69) is 45.6 Å². The number of para-hydroxylation sites is 1. The number of guanidine groups is 1. The zero-order chi connectivity index (χ0) is 17.1. The second kappa shape index (κ2) is 8.44. The Labute approximate surface area is 170 Å². The van der Waals surface area contributed by atoms with Crippen LogP contribution in [0, 0.1) is 0 Å². The molecule has 4 rings (SSSR count). The maximum absolute atomic E-state index is 6.11. The van der Waals surface area contributed by atoms with E-state index in [0.717, 1.165) is 29.7 Å². The molecule has 1 unspecified atom stereocenters. The topological polar surface area (TPSA) is 75.4 Å². The average Bonchev–Trinajstić information content (AvgIpc) is 3.12. The maximum Gasteiger partial charge on any atom is 0.189 e. The molecule has 0 radical (unpaired) electrons. The molecule has 1 aliphatic heterocycles. The maximum atomic E-state index is 6.11. The lowest BCUT2D eigenvalue weighted by molar-refractivity contribution is 0.262. The van der Waals surface area contributed by atoms with Gasteiger partial charge < -0.3 is 20.8 Å². The Hall–Kier alpha value is -2.22. The summed E-state index contributed by atoms with van der Waals surface area (Å²) in [6, 6.07) is 16.6. The minimum absolute atomic E-state index is 0. The lowest BCUT2D eigenvalue weighted by Crippen LogP contribution is -2.37. The van der Waals surface area contributed by atoms with Gasteiger partial charge in [-0.05, 0) is 30.2 Å². The van der Waals surface area contributed by atoms with Crippen LogP contribution in [0.5, 0.6) is 5.75 Å². The number of hydrogen-bond acceptors (Lipinski definition) is 2. The summed E-state index contributed by atoms with van der Waals surface area (Å²) in [6.07, 6.45) is 3.72. The van der Waals surface area contributed by atoms with E-state index >= 15 is 0 Å². The van der Waals surface area contributed by atoms with Gasteiger partial charge in [0.1, 0.15) is 5.75 Å². The normalized spacial score (nSPS) is 16.5. The van der Waals surface area contributed by atoms with Crippen molar-refractivity contribution < 1.29 is 4.74 Å². The molecule has 0 spiro atoms. The number of benzene rings is 2. The molecule has 6 heteroatoms. The molecule has 1 atom stereocenters. The van der Waals surface area contributed by atoms with Gasteiger partial charge in [-0.25, -0.2) is 0 Å². The van der Waals surface area contributed by atoms with Crippen LogP contribution in [0.2, 0.25) is 0 Å². The van der Waals surface area contributed by atoms with Gasteiger partial charge in [0.25, 0.3) is 0 Å². The van der Waals surface area contributed by atoms with Crippen LogP contribution in [0.15, 0.2) is 59.7 Å². The fourth-order valence-corrected chi connectivity index (χ4v) is 3.38. The third-order valence-corrected chi connectivity index (χ3v) is 4.63. The van der Waals surface area contributed by atoms with E-state index in [1.165, 1.54) is 10.9 Å². The number of aromatic amines is 1. The molecule has 1 aliphatic rings. The molecule has 0 fully saturated rings. The molecule has 2 aromatic carbocycles. The molecule has 5 nitrogen and oxygen atoms in total. The monoisotopic (exact) mass is 462 g/mol. The molecule has 0 amide bonds. The number of nitrogens with zero attached hydrogens (tertiary/aromatic N) is 1. The van der Waals surface area contributed by atoms with E-state index in [0.29, 0.717) is 19.1 Å². The van der Waals surface area contributed by atoms with Gasteiger partial charge in [-0.15, -0.1) is 24.0 Å². The number of nitrogens with one attached hydrogen (secondary N) is 2. The van der Waals surface area contributed by atoms with Crippen LogP contribution in [-0.4, -0.2) is 24.1 Å². The highest BCUT2D eigenvalue weighted by molar-refractivity contribution is 14.0. The van der Waals surface area contributed by atoms with Gasteiger partial charge in [0.2, 0.25) is 0 Å². The van der Waals surface area contributed by atoms with E-state index in [-0.39, 0.29) is 30.0 Å². The number of aliphatic imine (C=N–C) groups is 1. The first-order valence-corrected chi connectivity index (χ1v) is 8.64. The van der Waals surface area contributed by atoms with Gasteiger partial charge in [0.05, 0.1) is 12.6 Å². The van der Waals surface area contributed by atoms with Crippen molar-refractivity contribution in [3.8, 4) is 5.75 Å². The molecule has 4 N–H and O–H groups in total. The number of ether oxygens (including phenoxy) is 1. The van der Waals surface area contributed by atoms with Crippen molar-refractivity contribution in [1.29, 1.82) is 0 Å². The third-order valence-electron chi connectivity index (χ3n) is 4.63. The Morgan fingerprint density at radius 2 is 2.08 bits per heavy atom. The van der Waals surface area contributed by atoms with Crippen molar-refractivity contribution in [2.75, 3.05) is 13.2 Å². The first kappa shape index (κ1) is 18.6. The van der Waals surface area contributed by atoms with E-state index in [1.807, 2.05) is 24.4 Å². The zero-order valence-electron chi connectivity index (χ0n) is 14.4. The summed E-state index contributed by atoms with van der Waals surface area (Å²) in [5, 5.41) is 4.59. The number of aromatic nitrogens is 1. The first-order chi connectivity index (χ1) is 12.3. The van der Waals surface area contributed by atoms with Gasteiger partial charge >= 0.3 is 0 Å². The second-order valence-electron chi connectivity index (χ2n) is 6.24. The summed E-state index contributed by atoms with van der Waals surface area (Å²) in [4.78, 5) is 7.75. The van der Waals surface area contributed by atoms with Crippen LogP contribution in [0.3, 0.4) is 0 Å². The Kier molecular flexibility index (Phi) is 6.03. The summed E-state index contributed by atoms with van der Waals surface area (Å²) in [5.41, 5.74) is 9.70. The molecule has 1 aromatic heterocycles. The molecular weight excluding hydrogens is 439 g/mol. The van der Waals surface area contributed by atoms with E-state index in [4.69, 9.17) is 10.5 Å². The van der Waals surface area contributed by atoms with Crippen LogP contribution in [-0.2, 0) is 6.42 Å². The molecule has 0 saturated heterocycles. The smallest absolute Gasteiger partial charge is 0.189 e. The summed E-state index contributed by atoms with van der Waals surface area (Å²) < 4.78 is 5.68.